The fourth-order valence-corrected chi connectivity index (χ4v) is 6.01. The predicted molar refractivity (Wildman–Crippen MR) is 96.6 cm³/mol. The number of carbonyl (C=O) groups is 1. The normalized spacial score (nSPS) is 33.7. The number of nitrogens with two attached hydrogens (primary N) is 1. The van der Waals surface area contributed by atoms with Gasteiger partial charge >= 0.3 is 0 Å². The summed E-state index contributed by atoms with van der Waals surface area (Å²) >= 11 is 0. The molecule has 0 saturated heterocycles. The number of quaternary nitrogens is 1. The highest BCUT2D eigenvalue weighted by molar-refractivity contribution is 5.94. The van der Waals surface area contributed by atoms with Crippen molar-refractivity contribution >= 4 is 11.6 Å². The molecule has 4 aliphatic rings. The van der Waals surface area contributed by atoms with E-state index >= 15 is 0 Å². The van der Waals surface area contributed by atoms with Crippen LogP contribution in [0.4, 0.5) is 5.69 Å². The average Bonchev–Trinajstić information content (AvgIpc) is 2.59. The van der Waals surface area contributed by atoms with Gasteiger partial charge < -0.3 is 10.6 Å². The Morgan fingerprint density at radius 1 is 1.24 bits per heavy atom. The van der Waals surface area contributed by atoms with Crippen LogP contribution in [0.2, 0.25) is 0 Å². The van der Waals surface area contributed by atoms with E-state index in [4.69, 9.17) is 5.26 Å². The summed E-state index contributed by atoms with van der Waals surface area (Å²) in [6, 6.07) is 9.20. The van der Waals surface area contributed by atoms with Crippen LogP contribution in [0.25, 0.3) is 0 Å². The van der Waals surface area contributed by atoms with Crippen molar-refractivity contribution in [3.63, 3.8) is 0 Å². The van der Waals surface area contributed by atoms with Gasteiger partial charge in [-0.25, -0.2) is 0 Å². The minimum Gasteiger partial charge on any atom is -0.336 e. The standard InChI is InChI=1S/C21H27N3O/c1-14(20(25)24-19-5-3-2-4-18(19)12-22)23-13-21-9-15-6-16(10-21)8-17(7-15)11-21/h2-5,14-17,23H,6-11,13H2,1H3,(H,24,25)/p+1/t14-,15?,16?,17?,21?/m1/s1. The van der Waals surface area contributed by atoms with Crippen LogP contribution in [0.5, 0.6) is 0 Å². The molecule has 0 unspecified atom stereocenters. The molecule has 3 N–H and O–H groups in total. The van der Waals surface area contributed by atoms with Gasteiger partial charge in [0.05, 0.1) is 17.8 Å². The van der Waals surface area contributed by atoms with Crippen molar-refractivity contribution in [2.75, 3.05) is 11.9 Å². The van der Waals surface area contributed by atoms with Crippen molar-refractivity contribution < 1.29 is 10.1 Å². The Hall–Kier alpha value is -1.86. The van der Waals surface area contributed by atoms with Crippen molar-refractivity contribution in [2.45, 2.75) is 51.5 Å². The van der Waals surface area contributed by atoms with Crippen molar-refractivity contribution in [1.29, 1.82) is 5.26 Å². The number of hydrogen-bond donors (Lipinski definition) is 2. The number of nitrogens with zero attached hydrogens (tertiary/aromatic N) is 1. The maximum Gasteiger partial charge on any atom is 0.282 e. The third kappa shape index (κ3) is 3.30. The van der Waals surface area contributed by atoms with E-state index in [9.17, 15) is 4.79 Å². The van der Waals surface area contributed by atoms with E-state index in [0.717, 1.165) is 24.3 Å². The second-order valence-corrected chi connectivity index (χ2v) is 8.79. The molecule has 0 heterocycles. The van der Waals surface area contributed by atoms with Gasteiger partial charge in [0, 0.05) is 5.41 Å². The predicted octanol–water partition coefficient (Wildman–Crippen LogP) is 2.67. The summed E-state index contributed by atoms with van der Waals surface area (Å²) < 4.78 is 0. The lowest BCUT2D eigenvalue weighted by Crippen LogP contribution is -2.94. The second kappa shape index (κ2) is 6.46. The summed E-state index contributed by atoms with van der Waals surface area (Å²) in [5.41, 5.74) is 1.61. The lowest BCUT2D eigenvalue weighted by Gasteiger charge is -2.56. The van der Waals surface area contributed by atoms with Crippen molar-refractivity contribution in [2.24, 2.45) is 23.2 Å². The molecule has 4 nitrogen and oxygen atoms in total. The maximum atomic E-state index is 12.5. The molecule has 4 saturated carbocycles. The third-order valence-corrected chi connectivity index (χ3v) is 6.79. The van der Waals surface area contributed by atoms with E-state index in [2.05, 4.69) is 16.7 Å². The molecule has 5 rings (SSSR count). The van der Waals surface area contributed by atoms with Crippen LogP contribution >= 0.6 is 0 Å². The summed E-state index contributed by atoms with van der Waals surface area (Å²) in [6.45, 7) is 3.05. The minimum absolute atomic E-state index is 0.00701. The monoisotopic (exact) mass is 338 g/mol. The third-order valence-electron chi connectivity index (χ3n) is 6.79. The zero-order valence-corrected chi connectivity index (χ0v) is 15.0. The van der Waals surface area contributed by atoms with E-state index in [1.54, 1.807) is 12.1 Å². The van der Waals surface area contributed by atoms with Crippen LogP contribution in [0.1, 0.15) is 51.0 Å². The molecule has 0 aliphatic heterocycles. The van der Waals surface area contributed by atoms with Gasteiger partial charge in [0.25, 0.3) is 5.91 Å². The van der Waals surface area contributed by atoms with E-state index in [1.165, 1.54) is 38.5 Å². The van der Waals surface area contributed by atoms with Crippen LogP contribution in [0.3, 0.4) is 0 Å². The van der Waals surface area contributed by atoms with Gasteiger partial charge in [0.15, 0.2) is 6.04 Å². The van der Waals surface area contributed by atoms with Crippen LogP contribution < -0.4 is 10.6 Å². The number of anilines is 1. The molecule has 0 radical (unpaired) electrons. The van der Waals surface area contributed by atoms with Crippen LogP contribution in [0.15, 0.2) is 24.3 Å². The van der Waals surface area contributed by atoms with Gasteiger partial charge in [-0.1, -0.05) is 12.1 Å². The van der Waals surface area contributed by atoms with Crippen molar-refractivity contribution in [3.8, 4) is 6.07 Å². The molecule has 4 fully saturated rings. The summed E-state index contributed by atoms with van der Waals surface area (Å²) in [6.07, 6.45) is 8.50. The fraction of sp³-hybridized carbons (Fsp3) is 0.619. The van der Waals surface area contributed by atoms with Crippen LogP contribution in [-0.4, -0.2) is 18.5 Å². The Morgan fingerprint density at radius 2 is 1.84 bits per heavy atom. The van der Waals surface area contributed by atoms with Gasteiger partial charge in [0.2, 0.25) is 0 Å². The topological polar surface area (TPSA) is 69.5 Å². The van der Waals surface area contributed by atoms with Crippen molar-refractivity contribution in [1.82, 2.24) is 0 Å². The minimum atomic E-state index is -0.125. The first kappa shape index (κ1) is 16.6. The van der Waals surface area contributed by atoms with Crippen LogP contribution in [0, 0.1) is 34.5 Å². The molecule has 0 spiro atoms. The quantitative estimate of drug-likeness (QED) is 0.866. The number of nitrogens with one attached hydrogen (secondary N) is 1. The molecule has 132 valence electrons. The Labute approximate surface area is 150 Å². The number of nitriles is 1. The zero-order chi connectivity index (χ0) is 17.4. The molecule has 25 heavy (non-hydrogen) atoms. The van der Waals surface area contributed by atoms with Crippen LogP contribution in [-0.2, 0) is 4.79 Å². The van der Waals surface area contributed by atoms with E-state index in [-0.39, 0.29) is 11.9 Å². The van der Waals surface area contributed by atoms with Crippen molar-refractivity contribution in [3.05, 3.63) is 29.8 Å². The largest absolute Gasteiger partial charge is 0.336 e. The van der Waals surface area contributed by atoms with Gasteiger partial charge in [-0.05, 0) is 75.3 Å². The summed E-state index contributed by atoms with van der Waals surface area (Å²) in [4.78, 5) is 12.5. The first-order valence-corrected chi connectivity index (χ1v) is 9.70. The van der Waals surface area contributed by atoms with Gasteiger partial charge in [-0.3, -0.25) is 4.79 Å². The molecule has 4 aliphatic carbocycles. The number of benzene rings is 1. The summed E-state index contributed by atoms with van der Waals surface area (Å²) in [5, 5.41) is 14.3. The molecular formula is C21H28N3O+. The maximum absolute atomic E-state index is 12.5. The first-order chi connectivity index (χ1) is 12.1. The number of rotatable bonds is 5. The molecule has 1 aromatic carbocycles. The number of amides is 1. The number of hydrogen-bond acceptors (Lipinski definition) is 2. The molecule has 4 bridgehead atoms. The molecular weight excluding hydrogens is 310 g/mol. The zero-order valence-electron chi connectivity index (χ0n) is 15.0. The van der Waals surface area contributed by atoms with Gasteiger partial charge in [-0.15, -0.1) is 0 Å². The molecule has 1 atom stereocenters. The lowest BCUT2D eigenvalue weighted by molar-refractivity contribution is -0.686. The number of carbonyl (C=O) groups excluding carboxylic acids is 1. The average molecular weight is 338 g/mol. The van der Waals surface area contributed by atoms with Gasteiger partial charge in [0.1, 0.15) is 6.07 Å². The number of para-hydroxylation sites is 1. The highest BCUT2D eigenvalue weighted by atomic mass is 16.2. The Balaban J connectivity index is 1.35. The fourth-order valence-electron chi connectivity index (χ4n) is 6.01. The highest BCUT2D eigenvalue weighted by Gasteiger charge is 2.51. The molecule has 0 aromatic heterocycles. The SMILES string of the molecule is C[C@@H]([NH2+]CC12CC3CC(CC(C3)C1)C2)C(=O)Nc1ccccc1C#N. The van der Waals surface area contributed by atoms with E-state index in [1.807, 2.05) is 19.1 Å². The molecule has 1 aromatic rings. The summed E-state index contributed by atoms with van der Waals surface area (Å²) in [7, 11) is 0. The second-order valence-electron chi connectivity index (χ2n) is 8.79. The molecule has 4 heteroatoms. The van der Waals surface area contributed by atoms with E-state index < -0.39 is 0 Å². The lowest BCUT2D eigenvalue weighted by atomic mass is 9.49. The highest BCUT2D eigenvalue weighted by Crippen LogP contribution is 2.59. The summed E-state index contributed by atoms with van der Waals surface area (Å²) in [5.74, 6) is 2.84. The molecule has 1 amide bonds. The smallest absolute Gasteiger partial charge is 0.282 e. The Bertz CT molecular complexity index is 670. The van der Waals surface area contributed by atoms with E-state index in [0.29, 0.717) is 16.7 Å². The first-order valence-electron chi connectivity index (χ1n) is 9.70. The Morgan fingerprint density at radius 3 is 2.44 bits per heavy atom. The van der Waals surface area contributed by atoms with Gasteiger partial charge in [-0.2, -0.15) is 5.26 Å². The Kier molecular flexibility index (Phi) is 4.29.